The first kappa shape index (κ1) is 16.9. The summed E-state index contributed by atoms with van der Waals surface area (Å²) < 4.78 is 1.02. The molecule has 0 aliphatic rings. The zero-order chi connectivity index (χ0) is 15.2. The van der Waals surface area contributed by atoms with Crippen LogP contribution in [0, 0.1) is 6.92 Å². The fourth-order valence-corrected chi connectivity index (χ4v) is 3.99. The molecule has 0 saturated carbocycles. The lowest BCUT2D eigenvalue weighted by atomic mass is 10.1. The van der Waals surface area contributed by atoms with E-state index in [1.807, 2.05) is 30.9 Å². The molecule has 2 rings (SSSR count). The highest BCUT2D eigenvalue weighted by atomic mass is 79.9. The molecule has 0 saturated heterocycles. The SMILES string of the molecule is CNC(CSc1ccccc1C)Cc1ccc(Br)cc1Cl. The maximum absolute atomic E-state index is 6.31. The van der Waals surface area contributed by atoms with Crippen molar-refractivity contribution in [1.82, 2.24) is 5.32 Å². The molecule has 0 amide bonds. The summed E-state index contributed by atoms with van der Waals surface area (Å²) in [5, 5.41) is 4.22. The molecule has 1 N–H and O–H groups in total. The molecule has 2 aromatic carbocycles. The minimum atomic E-state index is 0.397. The first-order valence-corrected chi connectivity index (χ1v) is 9.05. The van der Waals surface area contributed by atoms with Gasteiger partial charge in [0.15, 0.2) is 0 Å². The van der Waals surface area contributed by atoms with E-state index in [0.29, 0.717) is 6.04 Å². The number of nitrogens with one attached hydrogen (secondary N) is 1. The van der Waals surface area contributed by atoms with E-state index < -0.39 is 0 Å². The minimum Gasteiger partial charge on any atom is -0.316 e. The van der Waals surface area contributed by atoms with Gasteiger partial charge in [-0.1, -0.05) is 51.8 Å². The zero-order valence-corrected chi connectivity index (χ0v) is 15.4. The first-order chi connectivity index (χ1) is 10.1. The van der Waals surface area contributed by atoms with Crippen LogP contribution in [0.3, 0.4) is 0 Å². The van der Waals surface area contributed by atoms with Crippen LogP contribution >= 0.6 is 39.3 Å². The second-order valence-electron chi connectivity index (χ2n) is 5.00. The van der Waals surface area contributed by atoms with Crippen molar-refractivity contribution in [1.29, 1.82) is 0 Å². The number of halogens is 2. The first-order valence-electron chi connectivity index (χ1n) is 6.89. The van der Waals surface area contributed by atoms with Crippen molar-refractivity contribution in [3.8, 4) is 0 Å². The van der Waals surface area contributed by atoms with Crippen LogP contribution in [0.25, 0.3) is 0 Å². The molecule has 112 valence electrons. The summed E-state index contributed by atoms with van der Waals surface area (Å²) in [5.74, 6) is 1.02. The predicted octanol–water partition coefficient (Wildman–Crippen LogP) is 5.33. The number of thioether (sulfide) groups is 1. The number of hydrogen-bond acceptors (Lipinski definition) is 2. The van der Waals surface area contributed by atoms with E-state index in [1.165, 1.54) is 16.0 Å². The average Bonchev–Trinajstić information content (AvgIpc) is 2.47. The summed E-state index contributed by atoms with van der Waals surface area (Å²) in [6.45, 7) is 2.16. The second kappa shape index (κ2) is 8.23. The number of benzene rings is 2. The molecule has 0 aromatic heterocycles. The molecule has 1 atom stereocenters. The van der Waals surface area contributed by atoms with Crippen LogP contribution < -0.4 is 5.32 Å². The lowest BCUT2D eigenvalue weighted by Gasteiger charge is -2.17. The van der Waals surface area contributed by atoms with Gasteiger partial charge in [-0.3, -0.25) is 0 Å². The molecule has 0 aliphatic heterocycles. The molecule has 4 heteroatoms. The summed E-state index contributed by atoms with van der Waals surface area (Å²) in [6.07, 6.45) is 0.932. The Kier molecular flexibility index (Phi) is 6.62. The van der Waals surface area contributed by atoms with Gasteiger partial charge >= 0.3 is 0 Å². The van der Waals surface area contributed by atoms with Gasteiger partial charge in [0.25, 0.3) is 0 Å². The molecule has 0 fully saturated rings. The van der Waals surface area contributed by atoms with Gasteiger partial charge in [-0.15, -0.1) is 11.8 Å². The molecule has 0 bridgehead atoms. The molecule has 1 unspecified atom stereocenters. The Morgan fingerprint density at radius 3 is 2.67 bits per heavy atom. The quantitative estimate of drug-likeness (QED) is 0.675. The molecule has 2 aromatic rings. The van der Waals surface area contributed by atoms with Crippen LogP contribution in [0.5, 0.6) is 0 Å². The fourth-order valence-electron chi connectivity index (χ4n) is 2.11. The van der Waals surface area contributed by atoms with E-state index in [4.69, 9.17) is 11.6 Å². The van der Waals surface area contributed by atoms with Crippen molar-refractivity contribution in [3.63, 3.8) is 0 Å². The zero-order valence-electron chi connectivity index (χ0n) is 12.2. The molecule has 0 radical (unpaired) electrons. The highest BCUT2D eigenvalue weighted by Crippen LogP contribution is 2.26. The van der Waals surface area contributed by atoms with Crippen molar-refractivity contribution in [2.75, 3.05) is 12.8 Å². The Morgan fingerprint density at radius 2 is 2.00 bits per heavy atom. The average molecular weight is 385 g/mol. The summed E-state index contributed by atoms with van der Waals surface area (Å²) in [5.41, 5.74) is 2.52. The lowest BCUT2D eigenvalue weighted by molar-refractivity contribution is 0.617. The van der Waals surface area contributed by atoms with E-state index in [1.54, 1.807) is 0 Å². The van der Waals surface area contributed by atoms with E-state index in [2.05, 4.69) is 58.5 Å². The Morgan fingerprint density at radius 1 is 1.24 bits per heavy atom. The van der Waals surface area contributed by atoms with Crippen molar-refractivity contribution >= 4 is 39.3 Å². The van der Waals surface area contributed by atoms with Gasteiger partial charge in [0, 0.05) is 26.2 Å². The number of hydrogen-bond donors (Lipinski definition) is 1. The summed E-state index contributed by atoms with van der Waals surface area (Å²) in [6, 6.07) is 15.0. The van der Waals surface area contributed by atoms with Crippen molar-refractivity contribution in [3.05, 3.63) is 63.1 Å². The largest absolute Gasteiger partial charge is 0.316 e. The second-order valence-corrected chi connectivity index (χ2v) is 7.39. The Labute approximate surface area is 144 Å². The van der Waals surface area contributed by atoms with Crippen molar-refractivity contribution in [2.45, 2.75) is 24.3 Å². The van der Waals surface area contributed by atoms with Gasteiger partial charge in [-0.05, 0) is 49.7 Å². The smallest absolute Gasteiger partial charge is 0.0449 e. The van der Waals surface area contributed by atoms with Crippen LogP contribution in [0.4, 0.5) is 0 Å². The Bertz CT molecular complexity index is 603. The Hall–Kier alpha value is -0.480. The Balaban J connectivity index is 1.99. The minimum absolute atomic E-state index is 0.397. The molecular formula is C17H19BrClNS. The van der Waals surface area contributed by atoms with Gasteiger partial charge in [-0.2, -0.15) is 0 Å². The van der Waals surface area contributed by atoms with Gasteiger partial charge < -0.3 is 5.32 Å². The van der Waals surface area contributed by atoms with Crippen LogP contribution in [0.2, 0.25) is 5.02 Å². The number of likely N-dealkylation sites (N-methyl/N-ethyl adjacent to an activating group) is 1. The van der Waals surface area contributed by atoms with Crippen molar-refractivity contribution in [2.24, 2.45) is 0 Å². The van der Waals surface area contributed by atoms with Crippen molar-refractivity contribution < 1.29 is 0 Å². The van der Waals surface area contributed by atoms with Crippen LogP contribution in [-0.2, 0) is 6.42 Å². The predicted molar refractivity (Wildman–Crippen MR) is 97.6 cm³/mol. The summed E-state index contributed by atoms with van der Waals surface area (Å²) in [4.78, 5) is 1.35. The molecular weight excluding hydrogens is 366 g/mol. The van der Waals surface area contributed by atoms with Gasteiger partial charge in [0.05, 0.1) is 0 Å². The van der Waals surface area contributed by atoms with E-state index in [0.717, 1.165) is 21.7 Å². The van der Waals surface area contributed by atoms with Gasteiger partial charge in [0.2, 0.25) is 0 Å². The van der Waals surface area contributed by atoms with E-state index in [9.17, 15) is 0 Å². The lowest BCUT2D eigenvalue weighted by Crippen LogP contribution is -2.30. The molecule has 1 nitrogen and oxygen atoms in total. The summed E-state index contributed by atoms with van der Waals surface area (Å²) >= 11 is 11.6. The van der Waals surface area contributed by atoms with Crippen LogP contribution in [-0.4, -0.2) is 18.8 Å². The van der Waals surface area contributed by atoms with Gasteiger partial charge in [0.1, 0.15) is 0 Å². The number of aryl methyl sites for hydroxylation is 1. The van der Waals surface area contributed by atoms with Crippen LogP contribution in [0.15, 0.2) is 51.8 Å². The maximum Gasteiger partial charge on any atom is 0.0449 e. The number of rotatable bonds is 6. The highest BCUT2D eigenvalue weighted by molar-refractivity contribution is 9.10. The molecule has 0 heterocycles. The van der Waals surface area contributed by atoms with E-state index in [-0.39, 0.29) is 0 Å². The van der Waals surface area contributed by atoms with Gasteiger partial charge in [-0.25, -0.2) is 0 Å². The maximum atomic E-state index is 6.31. The monoisotopic (exact) mass is 383 g/mol. The third kappa shape index (κ3) is 5.03. The normalized spacial score (nSPS) is 12.4. The third-order valence-electron chi connectivity index (χ3n) is 3.42. The topological polar surface area (TPSA) is 12.0 Å². The summed E-state index contributed by atoms with van der Waals surface area (Å²) in [7, 11) is 2.01. The standard InChI is InChI=1S/C17H19BrClNS/c1-12-5-3-4-6-17(12)21-11-15(20-2)9-13-7-8-14(18)10-16(13)19/h3-8,10,15,20H,9,11H2,1-2H3. The third-order valence-corrected chi connectivity index (χ3v) is 5.61. The highest BCUT2D eigenvalue weighted by Gasteiger charge is 2.11. The van der Waals surface area contributed by atoms with Crippen LogP contribution in [0.1, 0.15) is 11.1 Å². The molecule has 0 spiro atoms. The molecule has 0 aliphatic carbocycles. The van der Waals surface area contributed by atoms with E-state index >= 15 is 0 Å². The molecule has 21 heavy (non-hydrogen) atoms. The fraction of sp³-hybridized carbons (Fsp3) is 0.294.